The van der Waals surface area contributed by atoms with Crippen LogP contribution in [0.3, 0.4) is 0 Å². The number of anilines is 1. The standard InChI is InChI=1S/C18H22N4O2/c1-3-21-8-10-22(11-9-21)18-15(12-19)20-17(24-18)13-23-16-7-5-4-6-14(16)2/h4-7H,3,8-11,13H2,1-2H3. The Morgan fingerprint density at radius 3 is 2.67 bits per heavy atom. The van der Waals surface area contributed by atoms with Gasteiger partial charge >= 0.3 is 0 Å². The highest BCUT2D eigenvalue weighted by Crippen LogP contribution is 2.24. The van der Waals surface area contributed by atoms with Crippen LogP contribution in [-0.2, 0) is 6.61 Å². The van der Waals surface area contributed by atoms with Crippen molar-refractivity contribution in [1.82, 2.24) is 9.88 Å². The lowest BCUT2D eigenvalue weighted by Gasteiger charge is -2.33. The van der Waals surface area contributed by atoms with Crippen molar-refractivity contribution in [2.75, 3.05) is 37.6 Å². The smallest absolute Gasteiger partial charge is 0.236 e. The predicted molar refractivity (Wildman–Crippen MR) is 91.1 cm³/mol. The fourth-order valence-corrected chi connectivity index (χ4v) is 2.83. The minimum atomic E-state index is 0.217. The zero-order valence-electron chi connectivity index (χ0n) is 14.2. The van der Waals surface area contributed by atoms with Gasteiger partial charge in [-0.1, -0.05) is 25.1 Å². The van der Waals surface area contributed by atoms with Crippen molar-refractivity contribution in [3.05, 3.63) is 41.4 Å². The zero-order chi connectivity index (χ0) is 16.9. The van der Waals surface area contributed by atoms with Crippen molar-refractivity contribution in [1.29, 1.82) is 5.26 Å². The first-order valence-corrected chi connectivity index (χ1v) is 8.26. The Morgan fingerprint density at radius 2 is 2.00 bits per heavy atom. The fraction of sp³-hybridized carbons (Fsp3) is 0.444. The topological polar surface area (TPSA) is 65.5 Å². The van der Waals surface area contributed by atoms with Crippen molar-refractivity contribution < 1.29 is 9.15 Å². The number of likely N-dealkylation sites (N-methyl/N-ethyl adjacent to an activating group) is 1. The quantitative estimate of drug-likeness (QED) is 0.841. The predicted octanol–water partition coefficient (Wildman–Crippen LogP) is 2.58. The summed E-state index contributed by atoms with van der Waals surface area (Å²) in [5.74, 6) is 1.80. The van der Waals surface area contributed by atoms with Crippen molar-refractivity contribution in [2.24, 2.45) is 0 Å². The molecule has 2 aromatic rings. The molecule has 1 saturated heterocycles. The first-order valence-electron chi connectivity index (χ1n) is 8.26. The van der Waals surface area contributed by atoms with Gasteiger partial charge in [0, 0.05) is 26.2 Å². The van der Waals surface area contributed by atoms with Crippen LogP contribution in [0.5, 0.6) is 5.75 Å². The average Bonchev–Trinajstić information content (AvgIpc) is 3.04. The molecule has 6 nitrogen and oxygen atoms in total. The molecule has 6 heteroatoms. The molecular weight excluding hydrogens is 304 g/mol. The summed E-state index contributed by atoms with van der Waals surface area (Å²) in [4.78, 5) is 8.75. The summed E-state index contributed by atoms with van der Waals surface area (Å²) >= 11 is 0. The number of piperazine rings is 1. The molecule has 24 heavy (non-hydrogen) atoms. The van der Waals surface area contributed by atoms with Gasteiger partial charge in [0.2, 0.25) is 17.5 Å². The molecule has 1 aliphatic heterocycles. The first-order chi connectivity index (χ1) is 11.7. The summed E-state index contributed by atoms with van der Waals surface area (Å²) in [6.07, 6.45) is 0. The molecule has 2 heterocycles. The van der Waals surface area contributed by atoms with Crippen LogP contribution in [0.4, 0.5) is 5.88 Å². The van der Waals surface area contributed by atoms with E-state index < -0.39 is 0 Å². The van der Waals surface area contributed by atoms with E-state index in [1.807, 2.05) is 31.2 Å². The van der Waals surface area contributed by atoms with Crippen molar-refractivity contribution >= 4 is 5.88 Å². The molecule has 0 atom stereocenters. The van der Waals surface area contributed by atoms with Crippen molar-refractivity contribution in [2.45, 2.75) is 20.5 Å². The number of aromatic nitrogens is 1. The lowest BCUT2D eigenvalue weighted by molar-refractivity contribution is 0.252. The molecular formula is C18H22N4O2. The molecule has 0 N–H and O–H groups in total. The highest BCUT2D eigenvalue weighted by molar-refractivity contribution is 5.48. The van der Waals surface area contributed by atoms with Crippen molar-refractivity contribution in [3.8, 4) is 11.8 Å². The molecule has 0 radical (unpaired) electrons. The van der Waals surface area contributed by atoms with Gasteiger partial charge in [0.25, 0.3) is 0 Å². The molecule has 1 aromatic heterocycles. The maximum Gasteiger partial charge on any atom is 0.236 e. The molecule has 3 rings (SSSR count). The van der Waals surface area contributed by atoms with Crippen LogP contribution in [0, 0.1) is 18.3 Å². The Bertz CT molecular complexity index is 727. The van der Waals surface area contributed by atoms with E-state index in [0.29, 0.717) is 17.5 Å². The van der Waals surface area contributed by atoms with Crippen LogP contribution in [0.1, 0.15) is 24.1 Å². The summed E-state index contributed by atoms with van der Waals surface area (Å²) < 4.78 is 11.6. The lowest BCUT2D eigenvalue weighted by atomic mass is 10.2. The maximum absolute atomic E-state index is 9.34. The van der Waals surface area contributed by atoms with E-state index in [9.17, 15) is 5.26 Å². The van der Waals surface area contributed by atoms with Gasteiger partial charge < -0.3 is 19.0 Å². The third kappa shape index (κ3) is 3.52. The van der Waals surface area contributed by atoms with E-state index in [0.717, 1.165) is 44.0 Å². The van der Waals surface area contributed by atoms with Crippen LogP contribution in [0.15, 0.2) is 28.7 Å². The molecule has 1 aliphatic rings. The second kappa shape index (κ2) is 7.37. The van der Waals surface area contributed by atoms with Gasteiger partial charge in [-0.2, -0.15) is 10.2 Å². The maximum atomic E-state index is 9.34. The molecule has 0 spiro atoms. The number of oxazole rings is 1. The van der Waals surface area contributed by atoms with E-state index in [2.05, 4.69) is 27.8 Å². The van der Waals surface area contributed by atoms with Crippen LogP contribution >= 0.6 is 0 Å². The SMILES string of the molecule is CCN1CCN(c2oc(COc3ccccc3C)nc2C#N)CC1. The van der Waals surface area contributed by atoms with Crippen LogP contribution < -0.4 is 9.64 Å². The van der Waals surface area contributed by atoms with Gasteiger partial charge in [0.1, 0.15) is 11.8 Å². The second-order valence-electron chi connectivity index (χ2n) is 5.85. The minimum Gasteiger partial charge on any atom is -0.484 e. The highest BCUT2D eigenvalue weighted by Gasteiger charge is 2.23. The molecule has 126 valence electrons. The Kier molecular flexibility index (Phi) is 5.02. The van der Waals surface area contributed by atoms with Crippen LogP contribution in [0.25, 0.3) is 0 Å². The lowest BCUT2D eigenvalue weighted by Crippen LogP contribution is -2.46. The summed E-state index contributed by atoms with van der Waals surface area (Å²) in [6.45, 7) is 9.04. The Morgan fingerprint density at radius 1 is 1.25 bits per heavy atom. The Balaban J connectivity index is 1.69. The van der Waals surface area contributed by atoms with Crippen LogP contribution in [-0.4, -0.2) is 42.6 Å². The van der Waals surface area contributed by atoms with E-state index in [1.54, 1.807) is 0 Å². The summed E-state index contributed by atoms with van der Waals surface area (Å²) in [6, 6.07) is 9.93. The molecule has 0 amide bonds. The van der Waals surface area contributed by atoms with Crippen molar-refractivity contribution in [3.63, 3.8) is 0 Å². The Hall–Kier alpha value is -2.52. The summed E-state index contributed by atoms with van der Waals surface area (Å²) in [5, 5.41) is 9.34. The van der Waals surface area contributed by atoms with Gasteiger partial charge in [0.05, 0.1) is 0 Å². The first kappa shape index (κ1) is 16.3. The molecule has 0 aliphatic carbocycles. The summed E-state index contributed by atoms with van der Waals surface area (Å²) in [5.41, 5.74) is 1.39. The van der Waals surface area contributed by atoms with Gasteiger partial charge in [-0.25, -0.2) is 0 Å². The summed E-state index contributed by atoms with van der Waals surface area (Å²) in [7, 11) is 0. The average molecular weight is 326 g/mol. The van der Waals surface area contributed by atoms with Gasteiger partial charge in [-0.3, -0.25) is 0 Å². The number of nitrogens with zero attached hydrogens (tertiary/aromatic N) is 4. The normalized spacial score (nSPS) is 15.3. The van der Waals surface area contributed by atoms with E-state index in [1.165, 1.54) is 0 Å². The van der Waals surface area contributed by atoms with E-state index in [-0.39, 0.29) is 6.61 Å². The van der Waals surface area contributed by atoms with Gasteiger partial charge in [0.15, 0.2) is 6.61 Å². The molecule has 0 saturated carbocycles. The third-order valence-corrected chi connectivity index (χ3v) is 4.31. The highest BCUT2D eigenvalue weighted by atomic mass is 16.5. The Labute approximate surface area is 142 Å². The van der Waals surface area contributed by atoms with Gasteiger partial charge in [-0.05, 0) is 25.1 Å². The van der Waals surface area contributed by atoms with E-state index >= 15 is 0 Å². The molecule has 1 fully saturated rings. The molecule has 1 aromatic carbocycles. The largest absolute Gasteiger partial charge is 0.484 e. The monoisotopic (exact) mass is 326 g/mol. The second-order valence-corrected chi connectivity index (χ2v) is 5.85. The zero-order valence-corrected chi connectivity index (χ0v) is 14.2. The number of benzene rings is 1. The minimum absolute atomic E-state index is 0.217. The number of hydrogen-bond acceptors (Lipinski definition) is 6. The molecule has 0 unspecified atom stereocenters. The van der Waals surface area contributed by atoms with Crippen LogP contribution in [0.2, 0.25) is 0 Å². The molecule has 0 bridgehead atoms. The number of nitriles is 1. The number of ether oxygens (including phenoxy) is 1. The number of aryl methyl sites for hydroxylation is 1. The fourth-order valence-electron chi connectivity index (χ4n) is 2.83. The number of hydrogen-bond donors (Lipinski definition) is 0. The van der Waals surface area contributed by atoms with E-state index in [4.69, 9.17) is 9.15 Å². The number of para-hydroxylation sites is 1. The third-order valence-electron chi connectivity index (χ3n) is 4.31. The van der Waals surface area contributed by atoms with Gasteiger partial charge in [-0.15, -0.1) is 0 Å². The number of rotatable bonds is 5.